The molecule has 0 bridgehead atoms. The van der Waals surface area contributed by atoms with Crippen LogP contribution in [0.5, 0.6) is 0 Å². The van der Waals surface area contributed by atoms with E-state index in [2.05, 4.69) is 157 Å². The largest absolute Gasteiger partial charge is 0.295 e. The van der Waals surface area contributed by atoms with Crippen molar-refractivity contribution in [3.05, 3.63) is 158 Å². The van der Waals surface area contributed by atoms with Gasteiger partial charge in [-0.15, -0.1) is 11.3 Å². The quantitative estimate of drug-likeness (QED) is 0.193. The van der Waals surface area contributed by atoms with Gasteiger partial charge in [0.05, 0.1) is 4.70 Å². The van der Waals surface area contributed by atoms with E-state index in [1.54, 1.807) is 11.3 Å². The van der Waals surface area contributed by atoms with Gasteiger partial charge >= 0.3 is 0 Å². The van der Waals surface area contributed by atoms with Gasteiger partial charge in [0.25, 0.3) is 0 Å². The number of rotatable bonds is 4. The Morgan fingerprint density at radius 3 is 1.95 bits per heavy atom. The van der Waals surface area contributed by atoms with Crippen molar-refractivity contribution in [3.63, 3.8) is 0 Å². The lowest BCUT2D eigenvalue weighted by Gasteiger charge is -2.25. The molecular weight excluding hydrogens is 553 g/mol. The second-order valence-electron chi connectivity index (χ2n) is 11.2. The summed E-state index contributed by atoms with van der Waals surface area (Å²) >= 11 is 1.80. The van der Waals surface area contributed by atoms with E-state index >= 15 is 0 Å². The first kappa shape index (κ1) is 25.0. The SMILES string of the molecule is c1ccc(-c2ccc(N(c3ccc4c(ccc5ccc6ccccc6c54)c3)c3cc4c(cn3)sc3ccccc34)cc2)cc1. The molecule has 0 amide bonds. The molecule has 0 aliphatic heterocycles. The van der Waals surface area contributed by atoms with Gasteiger partial charge in [0.15, 0.2) is 0 Å². The number of anilines is 3. The molecule has 0 spiro atoms. The molecule has 0 aliphatic carbocycles. The second kappa shape index (κ2) is 10.0. The Bertz CT molecular complexity index is 2490. The molecule has 2 aromatic heterocycles. The molecule has 9 rings (SSSR count). The van der Waals surface area contributed by atoms with Crippen molar-refractivity contribution in [1.29, 1.82) is 0 Å². The van der Waals surface area contributed by atoms with Crippen LogP contribution in [-0.2, 0) is 0 Å². The molecule has 2 heterocycles. The molecule has 206 valence electrons. The summed E-state index contributed by atoms with van der Waals surface area (Å²) in [6.45, 7) is 0. The fourth-order valence-corrected chi connectivity index (χ4v) is 7.61. The van der Waals surface area contributed by atoms with E-state index in [-0.39, 0.29) is 0 Å². The maximum absolute atomic E-state index is 5.04. The highest BCUT2D eigenvalue weighted by molar-refractivity contribution is 7.25. The van der Waals surface area contributed by atoms with Gasteiger partial charge in [-0.25, -0.2) is 4.98 Å². The van der Waals surface area contributed by atoms with Crippen LogP contribution in [0.1, 0.15) is 0 Å². The van der Waals surface area contributed by atoms with Crippen molar-refractivity contribution < 1.29 is 0 Å². The fraction of sp³-hybridized carbons (Fsp3) is 0. The molecule has 0 saturated heterocycles. The highest BCUT2D eigenvalue weighted by Gasteiger charge is 2.17. The number of hydrogen-bond donors (Lipinski definition) is 0. The van der Waals surface area contributed by atoms with Gasteiger partial charge in [0.2, 0.25) is 0 Å². The normalized spacial score (nSPS) is 11.6. The molecule has 0 saturated carbocycles. The standard InChI is InChI=1S/C41H26N2S/c1-2-8-27(9-3-1)28-18-20-32(21-19-28)43(40-25-37-36-12-6-7-13-38(36)44-39(37)26-42-40)33-22-23-35-31(24-33)17-16-30-15-14-29-10-4-5-11-34(29)41(30)35/h1-26H. The first-order chi connectivity index (χ1) is 21.8. The van der Waals surface area contributed by atoms with Crippen LogP contribution in [0, 0.1) is 0 Å². The zero-order chi connectivity index (χ0) is 29.0. The molecule has 3 heteroatoms. The van der Waals surface area contributed by atoms with Crippen LogP contribution in [-0.4, -0.2) is 4.98 Å². The topological polar surface area (TPSA) is 16.1 Å². The van der Waals surface area contributed by atoms with E-state index in [9.17, 15) is 0 Å². The fourth-order valence-electron chi connectivity index (χ4n) is 6.55. The maximum atomic E-state index is 5.04. The minimum atomic E-state index is 0.902. The van der Waals surface area contributed by atoms with Gasteiger partial charge in [0, 0.05) is 33.0 Å². The van der Waals surface area contributed by atoms with Crippen LogP contribution in [0.3, 0.4) is 0 Å². The Balaban J connectivity index is 1.25. The van der Waals surface area contributed by atoms with Gasteiger partial charge in [-0.3, -0.25) is 4.90 Å². The zero-order valence-electron chi connectivity index (χ0n) is 23.8. The number of aromatic nitrogens is 1. The predicted molar refractivity (Wildman–Crippen MR) is 190 cm³/mol. The van der Waals surface area contributed by atoms with Gasteiger partial charge < -0.3 is 0 Å². The van der Waals surface area contributed by atoms with Crippen molar-refractivity contribution in [1.82, 2.24) is 4.98 Å². The average molecular weight is 579 g/mol. The Hall–Kier alpha value is -5.51. The third-order valence-corrected chi connectivity index (χ3v) is 9.80. The highest BCUT2D eigenvalue weighted by atomic mass is 32.1. The minimum absolute atomic E-state index is 0.902. The zero-order valence-corrected chi connectivity index (χ0v) is 24.6. The van der Waals surface area contributed by atoms with Crippen molar-refractivity contribution in [2.45, 2.75) is 0 Å². The van der Waals surface area contributed by atoms with Crippen molar-refractivity contribution in [2.75, 3.05) is 4.90 Å². The minimum Gasteiger partial charge on any atom is -0.295 e. The molecule has 0 unspecified atom stereocenters. The predicted octanol–water partition coefficient (Wildman–Crippen LogP) is 12.0. The summed E-state index contributed by atoms with van der Waals surface area (Å²) in [5.74, 6) is 0.902. The molecule has 0 radical (unpaired) electrons. The van der Waals surface area contributed by atoms with Crippen LogP contribution < -0.4 is 4.90 Å². The van der Waals surface area contributed by atoms with Crippen LogP contribution in [0.4, 0.5) is 17.2 Å². The Morgan fingerprint density at radius 2 is 1.09 bits per heavy atom. The summed E-state index contributed by atoms with van der Waals surface area (Å²) in [5.41, 5.74) is 4.55. The van der Waals surface area contributed by atoms with E-state index in [0.29, 0.717) is 0 Å². The van der Waals surface area contributed by atoms with Crippen molar-refractivity contribution in [3.8, 4) is 11.1 Å². The van der Waals surface area contributed by atoms with Crippen LogP contribution >= 0.6 is 11.3 Å². The van der Waals surface area contributed by atoms with E-state index in [4.69, 9.17) is 4.98 Å². The lowest BCUT2D eigenvalue weighted by Crippen LogP contribution is -2.11. The third-order valence-electron chi connectivity index (χ3n) is 8.68. The maximum Gasteiger partial charge on any atom is 0.138 e. The Kier molecular flexibility index (Phi) is 5.71. The average Bonchev–Trinajstić information content (AvgIpc) is 3.47. The summed E-state index contributed by atoms with van der Waals surface area (Å²) < 4.78 is 2.48. The summed E-state index contributed by atoms with van der Waals surface area (Å²) in [5, 5.41) is 10.1. The van der Waals surface area contributed by atoms with Gasteiger partial charge in [0.1, 0.15) is 5.82 Å². The molecule has 44 heavy (non-hydrogen) atoms. The molecule has 0 aliphatic rings. The van der Waals surface area contributed by atoms with E-state index in [0.717, 1.165) is 17.2 Å². The van der Waals surface area contributed by atoms with E-state index in [1.165, 1.54) is 63.6 Å². The number of benzene rings is 7. The molecule has 0 atom stereocenters. The van der Waals surface area contributed by atoms with Crippen LogP contribution in [0.25, 0.3) is 63.6 Å². The Morgan fingerprint density at radius 1 is 0.432 bits per heavy atom. The third kappa shape index (κ3) is 4.05. The van der Waals surface area contributed by atoms with Gasteiger partial charge in [-0.1, -0.05) is 115 Å². The summed E-state index contributed by atoms with van der Waals surface area (Å²) in [6.07, 6.45) is 2.03. The van der Waals surface area contributed by atoms with Crippen molar-refractivity contribution in [2.24, 2.45) is 0 Å². The molecule has 7 aromatic carbocycles. The summed E-state index contributed by atoms with van der Waals surface area (Å²) in [4.78, 5) is 7.33. The van der Waals surface area contributed by atoms with Crippen LogP contribution in [0.15, 0.2) is 158 Å². The van der Waals surface area contributed by atoms with Gasteiger partial charge in [-0.2, -0.15) is 0 Å². The second-order valence-corrected chi connectivity index (χ2v) is 12.3. The molecule has 9 aromatic rings. The van der Waals surface area contributed by atoms with Crippen molar-refractivity contribution >= 4 is 81.0 Å². The number of nitrogens with zero attached hydrogens (tertiary/aromatic N) is 2. The first-order valence-electron chi connectivity index (χ1n) is 14.9. The Labute approximate surface area is 259 Å². The first-order valence-corrected chi connectivity index (χ1v) is 15.7. The van der Waals surface area contributed by atoms with E-state index < -0.39 is 0 Å². The molecule has 2 nitrogen and oxygen atoms in total. The number of hydrogen-bond acceptors (Lipinski definition) is 3. The summed E-state index contributed by atoms with van der Waals surface area (Å²) in [7, 11) is 0. The number of thiophene rings is 1. The lowest BCUT2D eigenvalue weighted by atomic mass is 9.96. The van der Waals surface area contributed by atoms with Gasteiger partial charge in [-0.05, 0) is 79.8 Å². The highest BCUT2D eigenvalue weighted by Crippen LogP contribution is 2.41. The molecule has 0 N–H and O–H groups in total. The van der Waals surface area contributed by atoms with E-state index in [1.807, 2.05) is 6.20 Å². The number of fused-ring (bicyclic) bond motifs is 8. The monoisotopic (exact) mass is 578 g/mol. The molecular formula is C41H26N2S. The molecule has 0 fully saturated rings. The van der Waals surface area contributed by atoms with Crippen LogP contribution in [0.2, 0.25) is 0 Å². The number of pyridine rings is 1. The summed E-state index contributed by atoms with van der Waals surface area (Å²) in [6, 6.07) is 54.7. The lowest BCUT2D eigenvalue weighted by molar-refractivity contribution is 1.20. The smallest absolute Gasteiger partial charge is 0.138 e.